The predicted molar refractivity (Wildman–Crippen MR) is 94.4 cm³/mol. The summed E-state index contributed by atoms with van der Waals surface area (Å²) in [6.45, 7) is 7.16. The lowest BCUT2D eigenvalue weighted by molar-refractivity contribution is -0.120. The van der Waals surface area contributed by atoms with Gasteiger partial charge < -0.3 is 10.2 Å². The standard InChI is InChI=1S/C17H25N7O/c1-14(23-9-7-22(2)8-10-23)12-18-17(25)11-15-3-5-16(6-4-15)24-13-19-20-21-24/h3-6,13-14H,7-12H2,1-2H3,(H,18,25)/t14-/m1/s1. The Balaban J connectivity index is 1.44. The van der Waals surface area contributed by atoms with E-state index in [4.69, 9.17) is 0 Å². The van der Waals surface area contributed by atoms with Crippen LogP contribution in [-0.4, -0.2) is 81.7 Å². The lowest BCUT2D eigenvalue weighted by Gasteiger charge is -2.36. The molecule has 1 atom stereocenters. The van der Waals surface area contributed by atoms with Crippen molar-refractivity contribution in [3.05, 3.63) is 36.2 Å². The highest BCUT2D eigenvalue weighted by atomic mass is 16.1. The van der Waals surface area contributed by atoms with E-state index in [-0.39, 0.29) is 5.91 Å². The number of benzene rings is 1. The Morgan fingerprint density at radius 1 is 1.20 bits per heavy atom. The molecule has 1 fully saturated rings. The Morgan fingerprint density at radius 3 is 2.56 bits per heavy atom. The molecule has 1 amide bonds. The summed E-state index contributed by atoms with van der Waals surface area (Å²) in [4.78, 5) is 17.0. The third-order valence-electron chi connectivity index (χ3n) is 4.67. The minimum Gasteiger partial charge on any atom is -0.354 e. The molecular weight excluding hydrogens is 318 g/mol. The summed E-state index contributed by atoms with van der Waals surface area (Å²) < 4.78 is 1.58. The third kappa shape index (κ3) is 4.83. The molecule has 134 valence electrons. The van der Waals surface area contributed by atoms with Gasteiger partial charge >= 0.3 is 0 Å². The largest absolute Gasteiger partial charge is 0.354 e. The zero-order chi connectivity index (χ0) is 17.6. The molecule has 0 radical (unpaired) electrons. The molecule has 8 heteroatoms. The molecule has 1 N–H and O–H groups in total. The Labute approximate surface area is 147 Å². The summed E-state index contributed by atoms with van der Waals surface area (Å²) >= 11 is 0. The quantitative estimate of drug-likeness (QED) is 0.793. The van der Waals surface area contributed by atoms with Crippen LogP contribution in [0.2, 0.25) is 0 Å². The molecule has 1 aromatic carbocycles. The molecule has 1 saturated heterocycles. The lowest BCUT2D eigenvalue weighted by atomic mass is 10.1. The second-order valence-corrected chi connectivity index (χ2v) is 6.59. The number of piperazine rings is 1. The first-order valence-electron chi connectivity index (χ1n) is 8.63. The van der Waals surface area contributed by atoms with Gasteiger partial charge in [0.15, 0.2) is 0 Å². The van der Waals surface area contributed by atoms with Crippen LogP contribution in [0.25, 0.3) is 5.69 Å². The highest BCUT2D eigenvalue weighted by molar-refractivity contribution is 5.78. The SMILES string of the molecule is C[C@H](CNC(=O)Cc1ccc(-n2cnnn2)cc1)N1CCN(C)CC1. The maximum absolute atomic E-state index is 12.2. The number of nitrogens with zero attached hydrogens (tertiary/aromatic N) is 6. The molecule has 0 saturated carbocycles. The number of hydrogen-bond donors (Lipinski definition) is 1. The van der Waals surface area contributed by atoms with Gasteiger partial charge in [-0.1, -0.05) is 12.1 Å². The molecule has 2 aromatic rings. The average Bonchev–Trinajstić information content (AvgIpc) is 3.15. The van der Waals surface area contributed by atoms with E-state index in [1.807, 2.05) is 24.3 Å². The molecule has 0 spiro atoms. The number of carbonyl (C=O) groups excluding carboxylic acids is 1. The predicted octanol–water partition coefficient (Wildman–Crippen LogP) is -0.0431. The van der Waals surface area contributed by atoms with Crippen molar-refractivity contribution in [1.29, 1.82) is 0 Å². The van der Waals surface area contributed by atoms with Crippen LogP contribution < -0.4 is 5.32 Å². The first kappa shape index (κ1) is 17.5. The van der Waals surface area contributed by atoms with Crippen LogP contribution in [0.4, 0.5) is 0 Å². The Kier molecular flexibility index (Phi) is 5.72. The van der Waals surface area contributed by atoms with Crippen LogP contribution in [0, 0.1) is 0 Å². The van der Waals surface area contributed by atoms with Crippen molar-refractivity contribution in [2.24, 2.45) is 0 Å². The summed E-state index contributed by atoms with van der Waals surface area (Å²) in [5, 5.41) is 14.1. The van der Waals surface area contributed by atoms with Crippen molar-refractivity contribution < 1.29 is 4.79 Å². The summed E-state index contributed by atoms with van der Waals surface area (Å²) in [7, 11) is 2.15. The van der Waals surface area contributed by atoms with Gasteiger partial charge in [-0.15, -0.1) is 5.10 Å². The summed E-state index contributed by atoms with van der Waals surface area (Å²) in [5.41, 5.74) is 1.85. The number of rotatable bonds is 6. The fourth-order valence-electron chi connectivity index (χ4n) is 2.95. The van der Waals surface area contributed by atoms with Gasteiger partial charge in [0.2, 0.25) is 5.91 Å². The topological polar surface area (TPSA) is 79.2 Å². The number of nitrogens with one attached hydrogen (secondary N) is 1. The van der Waals surface area contributed by atoms with Crippen LogP contribution in [-0.2, 0) is 11.2 Å². The van der Waals surface area contributed by atoms with E-state index >= 15 is 0 Å². The van der Waals surface area contributed by atoms with Crippen LogP contribution in [0.15, 0.2) is 30.6 Å². The van der Waals surface area contributed by atoms with Crippen molar-refractivity contribution in [2.45, 2.75) is 19.4 Å². The van der Waals surface area contributed by atoms with Crippen molar-refractivity contribution in [2.75, 3.05) is 39.8 Å². The smallest absolute Gasteiger partial charge is 0.224 e. The first-order valence-corrected chi connectivity index (χ1v) is 8.63. The van der Waals surface area contributed by atoms with Gasteiger partial charge in [0.25, 0.3) is 0 Å². The molecule has 25 heavy (non-hydrogen) atoms. The third-order valence-corrected chi connectivity index (χ3v) is 4.67. The Morgan fingerprint density at radius 2 is 1.92 bits per heavy atom. The van der Waals surface area contributed by atoms with E-state index < -0.39 is 0 Å². The fraction of sp³-hybridized carbons (Fsp3) is 0.529. The second kappa shape index (κ2) is 8.17. The molecular formula is C17H25N7O. The molecule has 0 aliphatic carbocycles. The van der Waals surface area contributed by atoms with E-state index in [2.05, 4.69) is 44.6 Å². The monoisotopic (exact) mass is 343 g/mol. The van der Waals surface area contributed by atoms with Gasteiger partial charge in [0, 0.05) is 38.8 Å². The van der Waals surface area contributed by atoms with E-state index in [1.165, 1.54) is 0 Å². The maximum atomic E-state index is 12.2. The molecule has 0 bridgehead atoms. The van der Waals surface area contributed by atoms with E-state index in [9.17, 15) is 4.79 Å². The van der Waals surface area contributed by atoms with Crippen LogP contribution in [0.5, 0.6) is 0 Å². The van der Waals surface area contributed by atoms with E-state index in [0.717, 1.165) is 37.4 Å². The van der Waals surface area contributed by atoms with Gasteiger partial charge in [0.1, 0.15) is 6.33 Å². The van der Waals surface area contributed by atoms with Crippen molar-refractivity contribution in [3.63, 3.8) is 0 Å². The number of aromatic nitrogens is 4. The zero-order valence-electron chi connectivity index (χ0n) is 14.8. The van der Waals surface area contributed by atoms with Crippen molar-refractivity contribution in [1.82, 2.24) is 35.3 Å². The van der Waals surface area contributed by atoms with Gasteiger partial charge in [0.05, 0.1) is 12.1 Å². The van der Waals surface area contributed by atoms with E-state index in [0.29, 0.717) is 19.0 Å². The van der Waals surface area contributed by atoms with Crippen LogP contribution in [0.3, 0.4) is 0 Å². The number of amides is 1. The number of hydrogen-bond acceptors (Lipinski definition) is 6. The minimum atomic E-state index is 0.0520. The minimum absolute atomic E-state index is 0.0520. The molecule has 1 aromatic heterocycles. The van der Waals surface area contributed by atoms with Gasteiger partial charge in [-0.2, -0.15) is 0 Å². The number of carbonyl (C=O) groups is 1. The molecule has 2 heterocycles. The van der Waals surface area contributed by atoms with Gasteiger partial charge in [-0.25, -0.2) is 4.68 Å². The summed E-state index contributed by atoms with van der Waals surface area (Å²) in [6, 6.07) is 8.04. The van der Waals surface area contributed by atoms with Crippen LogP contribution >= 0.6 is 0 Å². The average molecular weight is 343 g/mol. The zero-order valence-corrected chi connectivity index (χ0v) is 14.8. The van der Waals surface area contributed by atoms with E-state index in [1.54, 1.807) is 11.0 Å². The fourth-order valence-corrected chi connectivity index (χ4v) is 2.95. The maximum Gasteiger partial charge on any atom is 0.224 e. The summed E-state index contributed by atoms with van der Waals surface area (Å²) in [5.74, 6) is 0.0520. The molecule has 8 nitrogen and oxygen atoms in total. The molecule has 3 rings (SSSR count). The van der Waals surface area contributed by atoms with Gasteiger partial charge in [-0.3, -0.25) is 9.69 Å². The second-order valence-electron chi connectivity index (χ2n) is 6.59. The molecule has 1 aliphatic rings. The van der Waals surface area contributed by atoms with Crippen molar-refractivity contribution >= 4 is 5.91 Å². The molecule has 1 aliphatic heterocycles. The summed E-state index contributed by atoms with van der Waals surface area (Å²) in [6.07, 6.45) is 1.92. The number of tetrazole rings is 1. The molecule has 0 unspecified atom stereocenters. The number of likely N-dealkylation sites (N-methyl/N-ethyl adjacent to an activating group) is 1. The van der Waals surface area contributed by atoms with Crippen molar-refractivity contribution in [3.8, 4) is 5.69 Å². The lowest BCUT2D eigenvalue weighted by Crippen LogP contribution is -2.51. The first-order chi connectivity index (χ1) is 12.1. The van der Waals surface area contributed by atoms with Crippen LogP contribution in [0.1, 0.15) is 12.5 Å². The highest BCUT2D eigenvalue weighted by Gasteiger charge is 2.19. The van der Waals surface area contributed by atoms with Gasteiger partial charge in [-0.05, 0) is 42.1 Å². The highest BCUT2D eigenvalue weighted by Crippen LogP contribution is 2.08. The Bertz CT molecular complexity index is 663. The normalized spacial score (nSPS) is 17.4. The Hall–Kier alpha value is -2.32.